The van der Waals surface area contributed by atoms with Gasteiger partial charge in [0, 0.05) is 5.69 Å². The Morgan fingerprint density at radius 1 is 1.27 bits per heavy atom. The predicted molar refractivity (Wildman–Crippen MR) is 109 cm³/mol. The maximum Gasteiger partial charge on any atom is 0.289 e. The molecule has 160 valence electrons. The lowest BCUT2D eigenvalue weighted by atomic mass is 10.2. The highest BCUT2D eigenvalue weighted by Crippen LogP contribution is 2.22. The average Bonchev–Trinajstić information content (AvgIpc) is 3.18. The highest BCUT2D eigenvalue weighted by Gasteiger charge is 2.30. The van der Waals surface area contributed by atoms with Crippen LogP contribution in [0.15, 0.2) is 33.7 Å². The second-order valence-corrected chi connectivity index (χ2v) is 9.29. The van der Waals surface area contributed by atoms with E-state index in [1.54, 1.807) is 24.3 Å². The van der Waals surface area contributed by atoms with Crippen molar-refractivity contribution in [1.29, 1.82) is 0 Å². The second kappa shape index (κ2) is 8.58. The van der Waals surface area contributed by atoms with Crippen molar-refractivity contribution in [2.75, 3.05) is 11.1 Å². The molecular weight excluding hydrogens is 432 g/mol. The minimum atomic E-state index is -3.98. The SMILES string of the molecule is Cc1noc(C)c1S(=O)(=O)N[C@@H](C)C(=O)Nc1ccc(CN2C(=O)CSC2=O)cc1. The van der Waals surface area contributed by atoms with Gasteiger partial charge in [0.15, 0.2) is 5.76 Å². The van der Waals surface area contributed by atoms with Crippen LogP contribution in [0.5, 0.6) is 0 Å². The molecule has 0 bridgehead atoms. The van der Waals surface area contributed by atoms with E-state index in [1.807, 2.05) is 0 Å². The molecule has 2 N–H and O–H groups in total. The van der Waals surface area contributed by atoms with E-state index in [1.165, 1.54) is 25.7 Å². The Kier molecular flexibility index (Phi) is 6.29. The highest BCUT2D eigenvalue weighted by atomic mass is 32.2. The van der Waals surface area contributed by atoms with E-state index in [0.717, 1.165) is 17.3 Å². The molecule has 0 radical (unpaired) electrons. The lowest BCUT2D eigenvalue weighted by Crippen LogP contribution is -2.41. The predicted octanol–water partition coefficient (Wildman–Crippen LogP) is 1.79. The third-order valence-electron chi connectivity index (χ3n) is 4.36. The molecule has 1 aromatic heterocycles. The number of hydrogen-bond donors (Lipinski definition) is 2. The number of benzene rings is 1. The molecule has 2 aromatic rings. The Bertz CT molecular complexity index is 1060. The first-order valence-electron chi connectivity index (χ1n) is 8.90. The van der Waals surface area contributed by atoms with E-state index in [-0.39, 0.29) is 39.8 Å². The molecule has 1 saturated heterocycles. The van der Waals surface area contributed by atoms with Gasteiger partial charge in [-0.05, 0) is 38.5 Å². The Morgan fingerprint density at radius 3 is 2.47 bits per heavy atom. The molecule has 1 aromatic carbocycles. The molecule has 2 heterocycles. The zero-order valence-electron chi connectivity index (χ0n) is 16.5. The van der Waals surface area contributed by atoms with Crippen molar-refractivity contribution >= 4 is 44.5 Å². The summed E-state index contributed by atoms with van der Waals surface area (Å²) in [6.07, 6.45) is 0. The third kappa shape index (κ3) is 4.71. The van der Waals surface area contributed by atoms with Gasteiger partial charge in [-0.25, -0.2) is 8.42 Å². The molecule has 12 heteroatoms. The van der Waals surface area contributed by atoms with Crippen LogP contribution in [0.3, 0.4) is 0 Å². The largest absolute Gasteiger partial charge is 0.360 e. The molecule has 10 nitrogen and oxygen atoms in total. The molecule has 0 saturated carbocycles. The molecule has 1 fully saturated rings. The number of nitrogens with one attached hydrogen (secondary N) is 2. The van der Waals surface area contributed by atoms with E-state index < -0.39 is 22.0 Å². The van der Waals surface area contributed by atoms with Crippen molar-refractivity contribution in [3.8, 4) is 0 Å². The van der Waals surface area contributed by atoms with Crippen molar-refractivity contribution in [1.82, 2.24) is 14.8 Å². The summed E-state index contributed by atoms with van der Waals surface area (Å²) < 4.78 is 32.2. The van der Waals surface area contributed by atoms with E-state index in [0.29, 0.717) is 5.69 Å². The number of carbonyl (C=O) groups is 3. The van der Waals surface area contributed by atoms with Crippen LogP contribution >= 0.6 is 11.8 Å². The number of carbonyl (C=O) groups excluding carboxylic acids is 3. The summed E-state index contributed by atoms with van der Waals surface area (Å²) in [7, 11) is -3.98. The minimum Gasteiger partial charge on any atom is -0.360 e. The number of aromatic nitrogens is 1. The summed E-state index contributed by atoms with van der Waals surface area (Å²) in [5.74, 6) is -0.507. The van der Waals surface area contributed by atoms with Gasteiger partial charge in [-0.2, -0.15) is 4.72 Å². The summed E-state index contributed by atoms with van der Waals surface area (Å²) in [4.78, 5) is 36.8. The average molecular weight is 453 g/mol. The lowest BCUT2D eigenvalue weighted by molar-refractivity contribution is -0.125. The van der Waals surface area contributed by atoms with Crippen LogP contribution in [0.1, 0.15) is 23.9 Å². The molecule has 1 aliphatic heterocycles. The fraction of sp³-hybridized carbons (Fsp3) is 0.333. The van der Waals surface area contributed by atoms with Gasteiger partial charge in [0.1, 0.15) is 10.6 Å². The number of aryl methyl sites for hydroxylation is 2. The molecule has 3 rings (SSSR count). The molecule has 1 aliphatic rings. The van der Waals surface area contributed by atoms with Crippen LogP contribution in [0.25, 0.3) is 0 Å². The molecule has 0 unspecified atom stereocenters. The van der Waals surface area contributed by atoms with Crippen LogP contribution in [0.4, 0.5) is 10.5 Å². The number of amides is 3. The number of anilines is 1. The third-order valence-corrected chi connectivity index (χ3v) is 7.01. The van der Waals surface area contributed by atoms with Crippen molar-refractivity contribution in [3.05, 3.63) is 41.3 Å². The smallest absolute Gasteiger partial charge is 0.289 e. The Hall–Kier alpha value is -2.70. The number of nitrogens with zero attached hydrogens (tertiary/aromatic N) is 2. The van der Waals surface area contributed by atoms with Crippen molar-refractivity contribution < 1.29 is 27.3 Å². The van der Waals surface area contributed by atoms with Gasteiger partial charge >= 0.3 is 0 Å². The minimum absolute atomic E-state index is 0.0873. The molecule has 3 amide bonds. The first kappa shape index (κ1) is 22.0. The normalized spacial score (nSPS) is 15.5. The quantitative estimate of drug-likeness (QED) is 0.648. The highest BCUT2D eigenvalue weighted by molar-refractivity contribution is 8.14. The summed E-state index contributed by atoms with van der Waals surface area (Å²) in [6.45, 7) is 4.55. The standard InChI is InChI=1S/C18H20N4O6S2/c1-10-16(12(3)28-20-10)30(26,27)21-11(2)17(24)19-14-6-4-13(5-7-14)8-22-15(23)9-29-18(22)25/h4-7,11,21H,8-9H2,1-3H3,(H,19,24)/t11-/m0/s1. The number of imide groups is 1. The van der Waals surface area contributed by atoms with Gasteiger partial charge in [-0.1, -0.05) is 29.1 Å². The van der Waals surface area contributed by atoms with E-state index in [2.05, 4.69) is 15.2 Å². The number of rotatable bonds is 7. The monoisotopic (exact) mass is 452 g/mol. The summed E-state index contributed by atoms with van der Waals surface area (Å²) in [6, 6.07) is 5.53. The van der Waals surface area contributed by atoms with Crippen molar-refractivity contribution in [2.24, 2.45) is 0 Å². The fourth-order valence-corrected chi connectivity index (χ4v) is 5.12. The van der Waals surface area contributed by atoms with Crippen molar-refractivity contribution in [3.63, 3.8) is 0 Å². The maximum absolute atomic E-state index is 12.5. The Labute approximate surface area is 177 Å². The van der Waals surface area contributed by atoms with Crippen molar-refractivity contribution in [2.45, 2.75) is 38.3 Å². The van der Waals surface area contributed by atoms with E-state index >= 15 is 0 Å². The van der Waals surface area contributed by atoms with E-state index in [9.17, 15) is 22.8 Å². The van der Waals surface area contributed by atoms with Crippen LogP contribution in [-0.2, 0) is 26.2 Å². The van der Waals surface area contributed by atoms with Gasteiger partial charge in [-0.15, -0.1) is 0 Å². The Balaban J connectivity index is 1.61. The van der Waals surface area contributed by atoms with Crippen LogP contribution in [0.2, 0.25) is 0 Å². The van der Waals surface area contributed by atoms with Gasteiger partial charge in [0.2, 0.25) is 21.8 Å². The molecular formula is C18H20N4O6S2. The van der Waals surface area contributed by atoms with Crippen LogP contribution in [-0.4, -0.2) is 47.3 Å². The van der Waals surface area contributed by atoms with E-state index in [4.69, 9.17) is 4.52 Å². The van der Waals surface area contributed by atoms with Crippen LogP contribution in [0, 0.1) is 13.8 Å². The molecule has 0 aliphatic carbocycles. The zero-order chi connectivity index (χ0) is 22.1. The molecule has 30 heavy (non-hydrogen) atoms. The van der Waals surface area contributed by atoms with Gasteiger partial charge in [-0.3, -0.25) is 19.3 Å². The van der Waals surface area contributed by atoms with Gasteiger partial charge in [0.25, 0.3) is 5.24 Å². The number of sulfonamides is 1. The first-order chi connectivity index (χ1) is 14.1. The second-order valence-electron chi connectivity index (χ2n) is 6.72. The van der Waals surface area contributed by atoms with Gasteiger partial charge in [0.05, 0.1) is 18.3 Å². The molecule has 1 atom stereocenters. The topological polar surface area (TPSA) is 139 Å². The lowest BCUT2D eigenvalue weighted by Gasteiger charge is -2.15. The maximum atomic E-state index is 12.5. The summed E-state index contributed by atoms with van der Waals surface area (Å²) in [5, 5.41) is 5.95. The summed E-state index contributed by atoms with van der Waals surface area (Å²) in [5.41, 5.74) is 1.38. The first-order valence-corrected chi connectivity index (χ1v) is 11.4. The number of hydrogen-bond acceptors (Lipinski definition) is 8. The van der Waals surface area contributed by atoms with Crippen LogP contribution < -0.4 is 10.0 Å². The summed E-state index contributed by atoms with van der Waals surface area (Å²) >= 11 is 0.967. The number of thioether (sulfide) groups is 1. The fourth-order valence-electron chi connectivity index (χ4n) is 2.86. The molecule has 0 spiro atoms. The van der Waals surface area contributed by atoms with Gasteiger partial charge < -0.3 is 9.84 Å². The Morgan fingerprint density at radius 2 is 1.93 bits per heavy atom. The zero-order valence-corrected chi connectivity index (χ0v) is 18.1.